The van der Waals surface area contributed by atoms with E-state index in [4.69, 9.17) is 0 Å². The summed E-state index contributed by atoms with van der Waals surface area (Å²) in [6.07, 6.45) is 15.8. The van der Waals surface area contributed by atoms with Gasteiger partial charge in [-0.2, -0.15) is 8.78 Å². The van der Waals surface area contributed by atoms with Crippen LogP contribution in [0.1, 0.15) is 84.0 Å². The predicted molar refractivity (Wildman–Crippen MR) is 94.5 cm³/mol. The summed E-state index contributed by atoms with van der Waals surface area (Å²) in [6, 6.07) is 0. The molecule has 2 saturated carbocycles. The molecule has 0 heterocycles. The van der Waals surface area contributed by atoms with Gasteiger partial charge < -0.3 is 0 Å². The number of hydrogen-bond donors (Lipinski definition) is 0. The third-order valence-electron chi connectivity index (χ3n) is 6.34. The van der Waals surface area contributed by atoms with Gasteiger partial charge in [0.2, 0.25) is 0 Å². The molecule has 138 valence electrons. The fourth-order valence-corrected chi connectivity index (χ4v) is 4.81. The highest BCUT2D eigenvalue weighted by Gasteiger charge is 2.32. The Morgan fingerprint density at radius 2 is 1.42 bits per heavy atom. The van der Waals surface area contributed by atoms with Crippen molar-refractivity contribution < 1.29 is 13.2 Å². The van der Waals surface area contributed by atoms with E-state index in [-0.39, 0.29) is 0 Å². The quantitative estimate of drug-likeness (QED) is 0.327. The van der Waals surface area contributed by atoms with Gasteiger partial charge in [0.05, 0.1) is 0 Å². The minimum absolute atomic E-state index is 0.514. The molecule has 0 aromatic carbocycles. The monoisotopic (exact) mass is 342 g/mol. The molecule has 0 aromatic rings. The summed E-state index contributed by atoms with van der Waals surface area (Å²) >= 11 is 0. The van der Waals surface area contributed by atoms with Gasteiger partial charge in [-0.3, -0.25) is 0 Å². The summed E-state index contributed by atoms with van der Waals surface area (Å²) in [5, 5.41) is 0. The SMILES string of the molecule is C/C=C/CCCCC1CCC(C2CCC(C(F)=C(F)F)CC2)CC1. The first-order valence-electron chi connectivity index (χ1n) is 9.93. The zero-order valence-electron chi connectivity index (χ0n) is 15.1. The van der Waals surface area contributed by atoms with E-state index in [1.165, 1.54) is 51.4 Å². The van der Waals surface area contributed by atoms with Gasteiger partial charge in [-0.1, -0.05) is 37.8 Å². The Bertz CT molecular complexity index is 407. The highest BCUT2D eigenvalue weighted by atomic mass is 19.3. The third-order valence-corrected chi connectivity index (χ3v) is 6.34. The number of allylic oxidation sites excluding steroid dienone is 3. The molecule has 0 aliphatic heterocycles. The van der Waals surface area contributed by atoms with Gasteiger partial charge in [0.15, 0.2) is 5.83 Å². The maximum absolute atomic E-state index is 13.4. The van der Waals surface area contributed by atoms with E-state index in [1.54, 1.807) is 0 Å². The number of unbranched alkanes of at least 4 members (excludes halogenated alkanes) is 2. The van der Waals surface area contributed by atoms with Crippen molar-refractivity contribution in [2.75, 3.05) is 0 Å². The van der Waals surface area contributed by atoms with Gasteiger partial charge in [0, 0.05) is 5.92 Å². The molecule has 0 unspecified atom stereocenters. The molecule has 0 bridgehead atoms. The van der Waals surface area contributed by atoms with Crippen molar-refractivity contribution in [3.63, 3.8) is 0 Å². The summed E-state index contributed by atoms with van der Waals surface area (Å²) in [7, 11) is 0. The van der Waals surface area contributed by atoms with Gasteiger partial charge in [-0.15, -0.1) is 0 Å². The summed E-state index contributed by atoms with van der Waals surface area (Å²) in [6.45, 7) is 2.08. The smallest absolute Gasteiger partial charge is 0.206 e. The van der Waals surface area contributed by atoms with Gasteiger partial charge in [0.25, 0.3) is 0 Å². The van der Waals surface area contributed by atoms with E-state index in [0.717, 1.165) is 24.7 Å². The maximum atomic E-state index is 13.4. The fourth-order valence-electron chi connectivity index (χ4n) is 4.81. The van der Waals surface area contributed by atoms with E-state index in [0.29, 0.717) is 18.8 Å². The molecule has 0 saturated heterocycles. The standard InChI is InChI=1S/C21H33F3/c1-2-3-4-5-6-7-16-8-10-17(11-9-16)18-12-14-19(15-13-18)20(22)21(23)24/h2-3,16-19H,4-15H2,1H3/b3-2+. The Kier molecular flexibility index (Phi) is 8.41. The van der Waals surface area contributed by atoms with Crippen LogP contribution in [0.3, 0.4) is 0 Å². The molecule has 2 rings (SSSR count). The number of hydrogen-bond acceptors (Lipinski definition) is 0. The third kappa shape index (κ3) is 5.97. The molecule has 24 heavy (non-hydrogen) atoms. The minimum atomic E-state index is -2.10. The normalized spacial score (nSPS) is 31.3. The second kappa shape index (κ2) is 10.3. The van der Waals surface area contributed by atoms with Crippen LogP contribution in [0.2, 0.25) is 0 Å². The highest BCUT2D eigenvalue weighted by Crippen LogP contribution is 2.44. The van der Waals surface area contributed by atoms with Crippen LogP contribution in [0.4, 0.5) is 13.2 Å². The van der Waals surface area contributed by atoms with Gasteiger partial charge in [-0.05, 0) is 76.0 Å². The van der Waals surface area contributed by atoms with Crippen molar-refractivity contribution in [3.05, 3.63) is 24.1 Å². The van der Waals surface area contributed by atoms with Crippen molar-refractivity contribution in [2.45, 2.75) is 84.0 Å². The second-order valence-corrected chi connectivity index (χ2v) is 7.85. The van der Waals surface area contributed by atoms with Crippen LogP contribution in [-0.2, 0) is 0 Å². The minimum Gasteiger partial charge on any atom is -0.206 e. The van der Waals surface area contributed by atoms with Gasteiger partial charge in [0.1, 0.15) is 0 Å². The lowest BCUT2D eigenvalue weighted by molar-refractivity contribution is 0.142. The molecule has 0 atom stereocenters. The molecule has 0 aromatic heterocycles. The first-order valence-corrected chi connectivity index (χ1v) is 9.93. The topological polar surface area (TPSA) is 0 Å². The van der Waals surface area contributed by atoms with E-state index < -0.39 is 17.8 Å². The lowest BCUT2D eigenvalue weighted by atomic mass is 9.68. The molecule has 3 heteroatoms. The maximum Gasteiger partial charge on any atom is 0.301 e. The Morgan fingerprint density at radius 3 is 1.96 bits per heavy atom. The first-order chi connectivity index (χ1) is 11.6. The Morgan fingerprint density at radius 1 is 0.833 bits per heavy atom. The zero-order chi connectivity index (χ0) is 17.4. The average Bonchev–Trinajstić information content (AvgIpc) is 2.61. The Labute approximate surface area is 145 Å². The molecule has 0 nitrogen and oxygen atoms in total. The van der Waals surface area contributed by atoms with Crippen LogP contribution in [0.5, 0.6) is 0 Å². The van der Waals surface area contributed by atoms with Crippen LogP contribution in [0.25, 0.3) is 0 Å². The first kappa shape index (κ1) is 19.6. The average molecular weight is 342 g/mol. The lowest BCUT2D eigenvalue weighted by Gasteiger charge is -2.37. The molecule has 0 spiro atoms. The molecule has 2 aliphatic carbocycles. The summed E-state index contributed by atoms with van der Waals surface area (Å²) in [4.78, 5) is 0. The molecular formula is C21H33F3. The van der Waals surface area contributed by atoms with Crippen molar-refractivity contribution in [2.24, 2.45) is 23.7 Å². The van der Waals surface area contributed by atoms with Crippen LogP contribution < -0.4 is 0 Å². The van der Waals surface area contributed by atoms with E-state index >= 15 is 0 Å². The Balaban J connectivity index is 1.64. The summed E-state index contributed by atoms with van der Waals surface area (Å²) in [5.41, 5.74) is 0. The van der Waals surface area contributed by atoms with Crippen LogP contribution in [-0.4, -0.2) is 0 Å². The lowest BCUT2D eigenvalue weighted by Crippen LogP contribution is -2.26. The molecule has 2 fully saturated rings. The van der Waals surface area contributed by atoms with Crippen LogP contribution in [0, 0.1) is 23.7 Å². The second-order valence-electron chi connectivity index (χ2n) is 7.85. The number of halogens is 3. The van der Waals surface area contributed by atoms with Gasteiger partial charge >= 0.3 is 6.08 Å². The summed E-state index contributed by atoms with van der Waals surface area (Å²) in [5.74, 6) is 0.638. The molecule has 0 radical (unpaired) electrons. The molecule has 0 N–H and O–H groups in total. The highest BCUT2D eigenvalue weighted by molar-refractivity contribution is 5.00. The van der Waals surface area contributed by atoms with Crippen molar-refractivity contribution in [3.8, 4) is 0 Å². The zero-order valence-corrected chi connectivity index (χ0v) is 15.1. The van der Waals surface area contributed by atoms with Gasteiger partial charge in [-0.25, -0.2) is 4.39 Å². The Hall–Kier alpha value is -0.730. The number of rotatable bonds is 7. The molecule has 2 aliphatic rings. The van der Waals surface area contributed by atoms with Crippen LogP contribution >= 0.6 is 0 Å². The van der Waals surface area contributed by atoms with E-state index in [9.17, 15) is 13.2 Å². The van der Waals surface area contributed by atoms with E-state index in [2.05, 4.69) is 19.1 Å². The fraction of sp³-hybridized carbons (Fsp3) is 0.810. The van der Waals surface area contributed by atoms with Crippen molar-refractivity contribution in [1.29, 1.82) is 0 Å². The largest absolute Gasteiger partial charge is 0.301 e. The van der Waals surface area contributed by atoms with E-state index in [1.807, 2.05) is 0 Å². The van der Waals surface area contributed by atoms with Crippen LogP contribution in [0.15, 0.2) is 24.1 Å². The molecule has 0 amide bonds. The summed E-state index contributed by atoms with van der Waals surface area (Å²) < 4.78 is 38.1. The predicted octanol–water partition coefficient (Wildman–Crippen LogP) is 7.81. The van der Waals surface area contributed by atoms with Crippen molar-refractivity contribution >= 4 is 0 Å². The van der Waals surface area contributed by atoms with Crippen molar-refractivity contribution in [1.82, 2.24) is 0 Å². The molecular weight excluding hydrogens is 309 g/mol.